The van der Waals surface area contributed by atoms with Crippen LogP contribution >= 0.6 is 0 Å². The van der Waals surface area contributed by atoms with Crippen LogP contribution in [-0.4, -0.2) is 35.0 Å². The lowest BCUT2D eigenvalue weighted by atomic mass is 10.0. The first-order chi connectivity index (χ1) is 7.59. The molecule has 16 heavy (non-hydrogen) atoms. The Morgan fingerprint density at radius 1 is 1.38 bits per heavy atom. The van der Waals surface area contributed by atoms with Crippen LogP contribution in [0.3, 0.4) is 0 Å². The summed E-state index contributed by atoms with van der Waals surface area (Å²) in [6.07, 6.45) is -1.52. The molecule has 5 N–H and O–H groups in total. The minimum absolute atomic E-state index is 0.0522. The number of hydrogen-bond donors (Lipinski definition) is 4. The van der Waals surface area contributed by atoms with Crippen molar-refractivity contribution < 1.29 is 15.0 Å². The first-order valence-corrected chi connectivity index (χ1v) is 5.04. The molecular weight excluding hydrogens is 208 g/mol. The highest BCUT2D eigenvalue weighted by molar-refractivity contribution is 5.64. The number of nitrogens with two attached hydrogens (primary N) is 1. The predicted molar refractivity (Wildman–Crippen MR) is 60.2 cm³/mol. The van der Waals surface area contributed by atoms with Crippen molar-refractivity contribution in [3.63, 3.8) is 0 Å². The van der Waals surface area contributed by atoms with Crippen molar-refractivity contribution in [3.05, 3.63) is 35.9 Å². The van der Waals surface area contributed by atoms with Gasteiger partial charge in [0, 0.05) is 12.6 Å². The third kappa shape index (κ3) is 4.29. The second-order valence-electron chi connectivity index (χ2n) is 3.61. The normalized spacial score (nSPS) is 14.1. The van der Waals surface area contributed by atoms with E-state index in [1.807, 2.05) is 30.3 Å². The summed E-state index contributed by atoms with van der Waals surface area (Å²) in [5.74, 6) is 0. The largest absolute Gasteiger partial charge is 0.465 e. The highest BCUT2D eigenvalue weighted by Gasteiger charge is 2.15. The van der Waals surface area contributed by atoms with E-state index in [0.717, 1.165) is 5.56 Å². The summed E-state index contributed by atoms with van der Waals surface area (Å²) in [5, 5.41) is 20.0. The molecule has 88 valence electrons. The Bertz CT molecular complexity index is 329. The van der Waals surface area contributed by atoms with Crippen LogP contribution in [0.5, 0.6) is 0 Å². The van der Waals surface area contributed by atoms with Gasteiger partial charge in [0.1, 0.15) is 0 Å². The van der Waals surface area contributed by atoms with Gasteiger partial charge in [0.25, 0.3) is 0 Å². The number of benzene rings is 1. The maximum absolute atomic E-state index is 10.2. The molecule has 0 aliphatic heterocycles. The zero-order chi connectivity index (χ0) is 12.0. The molecule has 1 amide bonds. The lowest BCUT2D eigenvalue weighted by Gasteiger charge is -2.18. The van der Waals surface area contributed by atoms with Crippen molar-refractivity contribution in [1.82, 2.24) is 5.32 Å². The zero-order valence-corrected chi connectivity index (χ0v) is 8.84. The Kier molecular flexibility index (Phi) is 4.75. The predicted octanol–water partition coefficient (Wildman–Crippen LogP) is 0.185. The number of rotatable bonds is 5. The van der Waals surface area contributed by atoms with Gasteiger partial charge in [0.05, 0.1) is 6.10 Å². The number of carbonyl (C=O) groups is 1. The van der Waals surface area contributed by atoms with E-state index in [1.54, 1.807) is 0 Å². The topological polar surface area (TPSA) is 95.6 Å². The van der Waals surface area contributed by atoms with Crippen molar-refractivity contribution >= 4 is 6.09 Å². The zero-order valence-electron chi connectivity index (χ0n) is 8.84. The summed E-state index contributed by atoms with van der Waals surface area (Å²) in [5.41, 5.74) is 6.77. The average molecular weight is 224 g/mol. The maximum atomic E-state index is 10.2. The lowest BCUT2D eigenvalue weighted by molar-refractivity contribution is 0.135. The fraction of sp³-hybridized carbons (Fsp3) is 0.364. The average Bonchev–Trinajstić information content (AvgIpc) is 2.27. The van der Waals surface area contributed by atoms with Crippen LogP contribution in [0, 0.1) is 0 Å². The van der Waals surface area contributed by atoms with Crippen LogP contribution in [0.4, 0.5) is 4.79 Å². The molecule has 0 unspecified atom stereocenters. The molecular formula is C11H16N2O3. The van der Waals surface area contributed by atoms with E-state index in [9.17, 15) is 9.90 Å². The third-order valence-corrected chi connectivity index (χ3v) is 2.27. The van der Waals surface area contributed by atoms with Crippen molar-refractivity contribution in [2.75, 3.05) is 6.54 Å². The van der Waals surface area contributed by atoms with E-state index < -0.39 is 18.2 Å². The van der Waals surface area contributed by atoms with Gasteiger partial charge in [-0.15, -0.1) is 0 Å². The van der Waals surface area contributed by atoms with Gasteiger partial charge in [0.15, 0.2) is 0 Å². The second-order valence-corrected chi connectivity index (χ2v) is 3.61. The van der Waals surface area contributed by atoms with Gasteiger partial charge in [0.2, 0.25) is 0 Å². The second kappa shape index (κ2) is 6.09. The Labute approximate surface area is 93.9 Å². The molecule has 2 atom stereocenters. The van der Waals surface area contributed by atoms with Crippen molar-refractivity contribution in [2.45, 2.75) is 18.6 Å². The molecule has 0 saturated carbocycles. The van der Waals surface area contributed by atoms with Crippen molar-refractivity contribution in [2.24, 2.45) is 5.73 Å². The molecule has 1 rings (SSSR count). The standard InChI is InChI=1S/C11H16N2O3/c12-9(10(14)7-13-11(15)16)6-8-4-2-1-3-5-8/h1-5,9-10,13-14H,6-7,12H2,(H,15,16)/t9-,10+/m0/s1. The first-order valence-electron chi connectivity index (χ1n) is 5.04. The van der Waals surface area contributed by atoms with E-state index in [-0.39, 0.29) is 6.54 Å². The van der Waals surface area contributed by atoms with Gasteiger partial charge in [-0.05, 0) is 12.0 Å². The SMILES string of the molecule is N[C@@H](Cc1ccccc1)[C@H](O)CNC(=O)O. The van der Waals surface area contributed by atoms with Gasteiger partial charge in [-0.3, -0.25) is 0 Å². The first kappa shape index (κ1) is 12.5. The Balaban J connectivity index is 2.39. The summed E-state index contributed by atoms with van der Waals surface area (Å²) in [6.45, 7) is -0.0522. The molecule has 1 aromatic carbocycles. The third-order valence-electron chi connectivity index (χ3n) is 2.27. The minimum Gasteiger partial charge on any atom is -0.465 e. The van der Waals surface area contributed by atoms with Crippen LogP contribution < -0.4 is 11.1 Å². The summed E-state index contributed by atoms with van der Waals surface area (Å²) >= 11 is 0. The van der Waals surface area contributed by atoms with Crippen LogP contribution in [0.2, 0.25) is 0 Å². The molecule has 0 saturated heterocycles. The number of aliphatic hydroxyl groups excluding tert-OH is 1. The fourth-order valence-electron chi connectivity index (χ4n) is 1.37. The Morgan fingerprint density at radius 2 is 2.00 bits per heavy atom. The molecule has 0 heterocycles. The molecule has 0 bridgehead atoms. The lowest BCUT2D eigenvalue weighted by Crippen LogP contribution is -2.44. The number of amides is 1. The summed E-state index contributed by atoms with van der Waals surface area (Å²) in [6, 6.07) is 9.04. The van der Waals surface area contributed by atoms with Crippen LogP contribution in [0.1, 0.15) is 5.56 Å². The molecule has 0 radical (unpaired) electrons. The van der Waals surface area contributed by atoms with Crippen molar-refractivity contribution in [3.8, 4) is 0 Å². The Hall–Kier alpha value is -1.59. The molecule has 0 aliphatic rings. The van der Waals surface area contributed by atoms with Gasteiger partial charge >= 0.3 is 6.09 Å². The van der Waals surface area contributed by atoms with Crippen LogP contribution in [-0.2, 0) is 6.42 Å². The molecule has 0 aliphatic carbocycles. The molecule has 1 aromatic rings. The molecule has 5 nitrogen and oxygen atoms in total. The monoisotopic (exact) mass is 224 g/mol. The molecule has 0 fully saturated rings. The number of nitrogens with one attached hydrogen (secondary N) is 1. The van der Waals surface area contributed by atoms with Crippen molar-refractivity contribution in [1.29, 1.82) is 0 Å². The fourth-order valence-corrected chi connectivity index (χ4v) is 1.37. The van der Waals surface area contributed by atoms with Gasteiger partial charge < -0.3 is 21.3 Å². The van der Waals surface area contributed by atoms with E-state index in [0.29, 0.717) is 6.42 Å². The smallest absolute Gasteiger partial charge is 0.404 e. The number of carboxylic acid groups (broad SMARTS) is 1. The van der Waals surface area contributed by atoms with Crippen LogP contribution in [0.15, 0.2) is 30.3 Å². The van der Waals surface area contributed by atoms with Gasteiger partial charge in [-0.1, -0.05) is 30.3 Å². The summed E-state index contributed by atoms with van der Waals surface area (Å²) < 4.78 is 0. The number of hydrogen-bond acceptors (Lipinski definition) is 3. The van der Waals surface area contributed by atoms with E-state index >= 15 is 0 Å². The maximum Gasteiger partial charge on any atom is 0.404 e. The highest BCUT2D eigenvalue weighted by atomic mass is 16.4. The highest BCUT2D eigenvalue weighted by Crippen LogP contribution is 2.04. The molecule has 5 heteroatoms. The molecule has 0 aromatic heterocycles. The number of aliphatic hydroxyl groups is 1. The van der Waals surface area contributed by atoms with Crippen LogP contribution in [0.25, 0.3) is 0 Å². The quantitative estimate of drug-likeness (QED) is 0.574. The summed E-state index contributed by atoms with van der Waals surface area (Å²) in [7, 11) is 0. The summed E-state index contributed by atoms with van der Waals surface area (Å²) in [4.78, 5) is 10.2. The van der Waals surface area contributed by atoms with E-state index in [4.69, 9.17) is 10.8 Å². The minimum atomic E-state index is -1.16. The van der Waals surface area contributed by atoms with E-state index in [2.05, 4.69) is 5.32 Å². The Morgan fingerprint density at radius 3 is 2.56 bits per heavy atom. The van der Waals surface area contributed by atoms with Gasteiger partial charge in [-0.25, -0.2) is 4.79 Å². The van der Waals surface area contributed by atoms with E-state index in [1.165, 1.54) is 0 Å². The van der Waals surface area contributed by atoms with Gasteiger partial charge in [-0.2, -0.15) is 0 Å². The molecule has 0 spiro atoms.